The highest BCUT2D eigenvalue weighted by atomic mass is 16.7. The van der Waals surface area contributed by atoms with E-state index in [4.69, 9.17) is 18.9 Å². The molecule has 1 fully saturated rings. The number of ether oxygens (including phenoxy) is 4. The maximum Gasteiger partial charge on any atom is 0.345 e. The van der Waals surface area contributed by atoms with Crippen molar-refractivity contribution in [3.05, 3.63) is 77.9 Å². The van der Waals surface area contributed by atoms with E-state index >= 15 is 0 Å². The molecular formula is C27H30O11. The van der Waals surface area contributed by atoms with Crippen LogP contribution in [0.5, 0.6) is 5.75 Å². The minimum Gasteiger partial charge on any atom is -0.462 e. The summed E-state index contributed by atoms with van der Waals surface area (Å²) in [6, 6.07) is 14.5. The topological polar surface area (TPSA) is 172 Å². The molecule has 2 aliphatic rings. The Bertz CT molecular complexity index is 1140. The van der Waals surface area contributed by atoms with Crippen LogP contribution in [0.2, 0.25) is 0 Å². The lowest BCUT2D eigenvalue weighted by atomic mass is 9.88. The van der Waals surface area contributed by atoms with Gasteiger partial charge in [-0.25, -0.2) is 9.59 Å². The van der Waals surface area contributed by atoms with Gasteiger partial charge in [-0.2, -0.15) is 0 Å². The molecule has 0 radical (unpaired) electrons. The van der Waals surface area contributed by atoms with E-state index in [9.17, 15) is 35.1 Å². The molecule has 0 saturated carbocycles. The first-order valence-electron chi connectivity index (χ1n) is 12.1. The largest absolute Gasteiger partial charge is 0.462 e. The van der Waals surface area contributed by atoms with Crippen LogP contribution in [0.1, 0.15) is 28.8 Å². The molecule has 0 spiro atoms. The van der Waals surface area contributed by atoms with Gasteiger partial charge in [-0.15, -0.1) is 0 Å². The van der Waals surface area contributed by atoms with Crippen LogP contribution in [0.25, 0.3) is 0 Å². The highest BCUT2D eigenvalue weighted by Crippen LogP contribution is 2.29. The Morgan fingerprint density at radius 2 is 1.63 bits per heavy atom. The van der Waals surface area contributed by atoms with Gasteiger partial charge in [-0.3, -0.25) is 0 Å². The SMILES string of the molecule is O=C(OC[C@H]1O[C@@H](Oc2ccccc2COC(=O)[C@@]2(O)C=CCC[C@H]2O)[C@H](O)[C@@H](O)[C@@H]1O)c1ccccc1. The molecule has 0 bridgehead atoms. The van der Waals surface area contributed by atoms with Crippen molar-refractivity contribution in [2.24, 2.45) is 0 Å². The number of hydrogen-bond acceptors (Lipinski definition) is 11. The van der Waals surface area contributed by atoms with Crippen molar-refractivity contribution in [2.75, 3.05) is 6.61 Å². The van der Waals surface area contributed by atoms with Gasteiger partial charge in [0.05, 0.1) is 11.7 Å². The maximum atomic E-state index is 12.5. The quantitative estimate of drug-likeness (QED) is 0.233. The molecule has 0 unspecified atom stereocenters. The van der Waals surface area contributed by atoms with Crippen LogP contribution in [-0.4, -0.2) is 86.5 Å². The Morgan fingerprint density at radius 1 is 0.921 bits per heavy atom. The zero-order valence-corrected chi connectivity index (χ0v) is 20.3. The van der Waals surface area contributed by atoms with Crippen LogP contribution < -0.4 is 4.74 Å². The van der Waals surface area contributed by atoms with Gasteiger partial charge in [0.15, 0.2) is 0 Å². The molecule has 1 aliphatic heterocycles. The molecule has 38 heavy (non-hydrogen) atoms. The zero-order valence-electron chi connectivity index (χ0n) is 20.3. The molecule has 2 aromatic carbocycles. The van der Waals surface area contributed by atoms with E-state index in [0.717, 1.165) is 0 Å². The van der Waals surface area contributed by atoms with Crippen LogP contribution >= 0.6 is 0 Å². The third-order valence-electron chi connectivity index (χ3n) is 6.44. The number of carbonyl (C=O) groups is 2. The lowest BCUT2D eigenvalue weighted by Crippen LogP contribution is -2.60. The minimum atomic E-state index is -2.17. The van der Waals surface area contributed by atoms with E-state index in [0.29, 0.717) is 12.0 Å². The first-order valence-corrected chi connectivity index (χ1v) is 12.1. The number of benzene rings is 2. The number of allylic oxidation sites excluding steroid dienone is 1. The molecule has 4 rings (SSSR count). The molecule has 5 N–H and O–H groups in total. The summed E-state index contributed by atoms with van der Waals surface area (Å²) in [5, 5.41) is 51.8. The highest BCUT2D eigenvalue weighted by Gasteiger charge is 2.46. The first-order chi connectivity index (χ1) is 18.2. The summed E-state index contributed by atoms with van der Waals surface area (Å²) in [6.45, 7) is -0.768. The summed E-state index contributed by atoms with van der Waals surface area (Å²) in [6.07, 6.45) is -5.40. The molecule has 11 nitrogen and oxygen atoms in total. The molecule has 0 amide bonds. The first kappa shape index (κ1) is 27.7. The van der Waals surface area contributed by atoms with E-state index in [1.165, 1.54) is 12.1 Å². The monoisotopic (exact) mass is 530 g/mol. The van der Waals surface area contributed by atoms with Gasteiger partial charge >= 0.3 is 11.9 Å². The summed E-state index contributed by atoms with van der Waals surface area (Å²) < 4.78 is 21.8. The number of hydrogen-bond donors (Lipinski definition) is 5. The lowest BCUT2D eigenvalue weighted by molar-refractivity contribution is -0.277. The molecule has 7 atom stereocenters. The number of aliphatic hydroxyl groups excluding tert-OH is 4. The smallest absolute Gasteiger partial charge is 0.345 e. The van der Waals surface area contributed by atoms with E-state index in [-0.39, 0.29) is 24.3 Å². The van der Waals surface area contributed by atoms with Crippen molar-refractivity contribution in [1.29, 1.82) is 0 Å². The van der Waals surface area contributed by atoms with Crippen molar-refractivity contribution in [3.63, 3.8) is 0 Å². The molecule has 0 aromatic heterocycles. The molecule has 2 aromatic rings. The second-order valence-electron chi connectivity index (χ2n) is 9.10. The number of rotatable bonds is 8. The molecule has 204 valence electrons. The normalized spacial score (nSPS) is 30.9. The van der Waals surface area contributed by atoms with Crippen LogP contribution in [0.15, 0.2) is 66.7 Å². The lowest BCUT2D eigenvalue weighted by Gasteiger charge is -2.40. The average molecular weight is 531 g/mol. The third kappa shape index (κ3) is 6.04. The van der Waals surface area contributed by atoms with E-state index in [2.05, 4.69) is 0 Å². The highest BCUT2D eigenvalue weighted by molar-refractivity contribution is 5.89. The van der Waals surface area contributed by atoms with Gasteiger partial charge in [0.2, 0.25) is 11.9 Å². The summed E-state index contributed by atoms with van der Waals surface area (Å²) in [7, 11) is 0. The fraction of sp³-hybridized carbons (Fsp3) is 0.407. The molecule has 11 heteroatoms. The van der Waals surface area contributed by atoms with Crippen molar-refractivity contribution in [2.45, 2.75) is 61.9 Å². The number of aliphatic hydroxyl groups is 5. The van der Waals surface area contributed by atoms with Crippen molar-refractivity contribution in [3.8, 4) is 5.75 Å². The fourth-order valence-electron chi connectivity index (χ4n) is 4.14. The summed E-state index contributed by atoms with van der Waals surface area (Å²) >= 11 is 0. The summed E-state index contributed by atoms with van der Waals surface area (Å²) in [5.41, 5.74) is -1.54. The molecule has 1 aliphatic carbocycles. The molecular weight excluding hydrogens is 500 g/mol. The standard InChI is InChI=1S/C27H30O11/c28-20-12-6-7-13-27(20,34)26(33)36-14-17-10-4-5-11-18(17)37-25-23(31)22(30)21(29)19(38-25)15-35-24(32)16-8-2-1-3-9-16/h1-5,7-11,13,19-23,25,28-31,34H,6,12,14-15H2/t19-,20-,21-,22+,23-,25-,27-/m1/s1. The fourth-order valence-corrected chi connectivity index (χ4v) is 4.14. The Kier molecular flexibility index (Phi) is 8.77. The van der Waals surface area contributed by atoms with Gasteiger partial charge in [0, 0.05) is 5.56 Å². The minimum absolute atomic E-state index is 0.125. The van der Waals surface area contributed by atoms with E-state index in [1.54, 1.807) is 54.6 Å². The van der Waals surface area contributed by atoms with Crippen molar-refractivity contribution < 1.29 is 54.1 Å². The Morgan fingerprint density at radius 3 is 2.37 bits per heavy atom. The zero-order chi connectivity index (χ0) is 27.3. The van der Waals surface area contributed by atoms with Gasteiger partial charge in [-0.1, -0.05) is 42.5 Å². The second-order valence-corrected chi connectivity index (χ2v) is 9.10. The van der Waals surface area contributed by atoms with Crippen LogP contribution in [0.3, 0.4) is 0 Å². The summed E-state index contributed by atoms with van der Waals surface area (Å²) in [5.74, 6) is -1.57. The Hall–Kier alpha value is -3.32. The van der Waals surface area contributed by atoms with Crippen LogP contribution in [-0.2, 0) is 25.6 Å². The van der Waals surface area contributed by atoms with Gasteiger partial charge in [0.1, 0.15) is 43.4 Å². The number of para-hydroxylation sites is 1. The predicted octanol–water partition coefficient (Wildman–Crippen LogP) is 0.215. The Balaban J connectivity index is 1.41. The van der Waals surface area contributed by atoms with Crippen LogP contribution in [0, 0.1) is 0 Å². The van der Waals surface area contributed by atoms with E-state index in [1.807, 2.05) is 0 Å². The van der Waals surface area contributed by atoms with E-state index < -0.39 is 61.0 Å². The predicted molar refractivity (Wildman–Crippen MR) is 130 cm³/mol. The molecule has 1 saturated heterocycles. The van der Waals surface area contributed by atoms with Gasteiger partial charge < -0.3 is 44.5 Å². The number of carbonyl (C=O) groups excluding carboxylic acids is 2. The van der Waals surface area contributed by atoms with Gasteiger partial charge in [-0.05, 0) is 37.1 Å². The maximum absolute atomic E-state index is 12.5. The Labute approximate surface area is 218 Å². The third-order valence-corrected chi connectivity index (χ3v) is 6.44. The molecule has 1 heterocycles. The van der Waals surface area contributed by atoms with Crippen LogP contribution in [0.4, 0.5) is 0 Å². The van der Waals surface area contributed by atoms with Crippen molar-refractivity contribution in [1.82, 2.24) is 0 Å². The average Bonchev–Trinajstić information content (AvgIpc) is 2.93. The number of esters is 2. The summed E-state index contributed by atoms with van der Waals surface area (Å²) in [4.78, 5) is 24.8. The van der Waals surface area contributed by atoms with Crippen molar-refractivity contribution >= 4 is 11.9 Å². The van der Waals surface area contributed by atoms with Gasteiger partial charge in [0.25, 0.3) is 0 Å². The second kappa shape index (κ2) is 12.0.